The lowest BCUT2D eigenvalue weighted by molar-refractivity contribution is -0.145. The Kier molecular flexibility index (Phi) is 38.3. The summed E-state index contributed by atoms with van der Waals surface area (Å²) in [6, 6.07) is -9.29. The van der Waals surface area contributed by atoms with Crippen molar-refractivity contribution in [2.24, 2.45) is 57.3 Å². The molecule has 117 heavy (non-hydrogen) atoms. The van der Waals surface area contributed by atoms with E-state index in [-0.39, 0.29) is 136 Å². The van der Waals surface area contributed by atoms with Gasteiger partial charge in [-0.05, 0) is 115 Å². The first-order valence-electron chi connectivity index (χ1n) is 38.5. The van der Waals surface area contributed by atoms with Gasteiger partial charge in [0.1, 0.15) is 60.4 Å². The quantitative estimate of drug-likeness (QED) is 0.0164. The van der Waals surface area contributed by atoms with E-state index in [1.807, 2.05) is 0 Å². The zero-order valence-corrected chi connectivity index (χ0v) is 65.5. The standard InChI is InChI=1S/C69H118N34O14/c1-35(104)90-46(25-36-11-3-2-4-12-36)54(108)89-30-53(107)100-31-37(91-66(78)79)27-48(100)58(112)96-42(14-6-8-21-71)55(109)95-41(13-5-7-20-70)56(110)97-43(15-9-22-87-64(74)75)61(115)102-33-39(93-68(82)83)29-50(102)60(114)99-45(17-18-51(72)105)63(117)103-34-40(94-69(84)85)28-49(103)59(113)98-44(16-10-23-88-65(76)77)62(116)101-32-38(92-67(80)81)26-47(101)57(111)86-24-19-52(73)106/h2-4,11-12,37-50H,5-10,13-34,70-71H2,1H3,(H2,72,105)(H2,73,106)(H,86,111)(H,89,108)(H,90,104)(H,95,109)(H,96,112)(H,97,110)(H,98,113)(H,99,114)(H4,74,75,87)(H4,76,77,88)(H4,78,79,91)(H4,80,81,92)(H4,82,83,93)(H4,84,85,94)/t37-,38-,39-,40-,41-,42-,43-,44-,45-,46-,47-,48-,49-,50-/m0/s1. The number of carbonyl (C=O) groups excluding carboxylic acids is 14. The van der Waals surface area contributed by atoms with Gasteiger partial charge < -0.3 is 151 Å². The van der Waals surface area contributed by atoms with Gasteiger partial charge >= 0.3 is 0 Å². The van der Waals surface area contributed by atoms with Crippen LogP contribution >= 0.6 is 0 Å². The Balaban J connectivity index is 1.46. The summed E-state index contributed by atoms with van der Waals surface area (Å²) in [5.74, 6) is -14.8. The third-order valence-corrected chi connectivity index (χ3v) is 19.7. The number of primary amides is 2. The SMILES string of the molecule is CC(=O)N[C@@H](Cc1ccccc1)C(=O)NCC(=O)N1C[C@@H](NC(=N)N)C[C@H]1C(=O)N[C@@H](CCCCN)C(=O)N[C@@H](CCCCN)C(=O)N[C@@H](CCCNC(=N)N)C(=O)N1C[C@@H](NC(=N)N)C[C@H]1C(=O)N[C@@H](CCC(N)=O)C(=O)N1C[C@@H](NC(=N)N)C[C@H]1C(=O)N[C@@H](CCCNC(=N)N)C(=O)N1C[C@@H](NC(=N)N)C[C@H]1C(=O)NCCC(N)=O. The fraction of sp³-hybridized carbons (Fsp3) is 0.623. The van der Waals surface area contributed by atoms with Gasteiger partial charge in [0, 0.05) is 96.2 Å². The number of nitrogens with zero attached hydrogens (tertiary/aromatic N) is 4. The van der Waals surface area contributed by atoms with Gasteiger partial charge in [0.25, 0.3) is 0 Å². The van der Waals surface area contributed by atoms with E-state index in [1.54, 1.807) is 30.3 Å². The van der Waals surface area contributed by atoms with Crippen molar-refractivity contribution < 1.29 is 67.1 Å². The van der Waals surface area contributed by atoms with Crippen LogP contribution in [0.2, 0.25) is 0 Å². The van der Waals surface area contributed by atoms with Crippen molar-refractivity contribution in [3.05, 3.63) is 35.9 Å². The van der Waals surface area contributed by atoms with E-state index in [0.29, 0.717) is 18.4 Å². The Hall–Kier alpha value is -12.7. The third-order valence-electron chi connectivity index (χ3n) is 19.7. The van der Waals surface area contributed by atoms with Crippen molar-refractivity contribution in [2.75, 3.05) is 65.4 Å². The van der Waals surface area contributed by atoms with E-state index in [1.165, 1.54) is 6.92 Å². The van der Waals surface area contributed by atoms with Crippen LogP contribution in [-0.2, 0) is 73.5 Å². The maximum Gasteiger partial charge on any atom is 0.245 e. The lowest BCUT2D eigenvalue weighted by Gasteiger charge is -2.33. The number of benzene rings is 1. The predicted molar refractivity (Wildman–Crippen MR) is 426 cm³/mol. The number of hydrogen-bond acceptors (Lipinski definition) is 22. The van der Waals surface area contributed by atoms with E-state index < -0.39 is 236 Å². The minimum absolute atomic E-state index is 0.00561. The smallest absolute Gasteiger partial charge is 0.245 e. The average Bonchev–Trinajstić information content (AvgIpc) is 1.68. The van der Waals surface area contributed by atoms with Crippen LogP contribution < -0.4 is 132 Å². The van der Waals surface area contributed by atoms with Gasteiger partial charge in [-0.2, -0.15) is 0 Å². The van der Waals surface area contributed by atoms with Crippen molar-refractivity contribution in [3.63, 3.8) is 0 Å². The van der Waals surface area contributed by atoms with E-state index >= 15 is 19.2 Å². The molecule has 48 nitrogen and oxygen atoms in total. The highest BCUT2D eigenvalue weighted by Crippen LogP contribution is 2.27. The maximum atomic E-state index is 15.5. The monoisotopic (exact) mass is 1650 g/mol. The number of rotatable bonds is 46. The number of likely N-dealkylation sites (tertiary alicyclic amines) is 4. The molecule has 4 heterocycles. The van der Waals surface area contributed by atoms with Gasteiger partial charge in [0.15, 0.2) is 35.8 Å². The molecule has 0 spiro atoms. The molecule has 0 saturated carbocycles. The van der Waals surface area contributed by atoms with Crippen LogP contribution in [0, 0.1) is 32.5 Å². The molecule has 0 aliphatic carbocycles. The summed E-state index contributed by atoms with van der Waals surface area (Å²) in [5.41, 5.74) is 57.5. The molecule has 14 atom stereocenters. The maximum absolute atomic E-state index is 15.5. The first kappa shape index (κ1) is 94.9. The van der Waals surface area contributed by atoms with Gasteiger partial charge in [-0.3, -0.25) is 99.6 Å². The molecule has 4 saturated heterocycles. The Morgan fingerprint density at radius 2 is 0.735 bits per heavy atom. The largest absolute Gasteiger partial charge is 0.370 e. The number of unbranched alkanes of at least 4 members (excludes halogenated alkanes) is 2. The fourth-order valence-electron chi connectivity index (χ4n) is 14.4. The Morgan fingerprint density at radius 3 is 1.13 bits per heavy atom. The minimum Gasteiger partial charge on any atom is -0.370 e. The highest BCUT2D eigenvalue weighted by molar-refractivity contribution is 6.00. The molecule has 0 unspecified atom stereocenters. The molecule has 5 rings (SSSR count). The number of carbonyl (C=O) groups is 14. The topological polar surface area (TPSA) is 824 Å². The number of nitrogens with one attached hydrogen (secondary N) is 20. The van der Waals surface area contributed by atoms with Crippen molar-refractivity contribution in [3.8, 4) is 0 Å². The summed E-state index contributed by atoms with van der Waals surface area (Å²) in [5, 5.41) is 84.7. The average molecular weight is 1650 g/mol. The summed E-state index contributed by atoms with van der Waals surface area (Å²) in [7, 11) is 0. The second-order valence-electron chi connectivity index (χ2n) is 29.1. The molecule has 648 valence electrons. The molecule has 4 fully saturated rings. The van der Waals surface area contributed by atoms with E-state index in [9.17, 15) is 47.9 Å². The zero-order valence-electron chi connectivity index (χ0n) is 65.5. The molecule has 0 aromatic heterocycles. The molecule has 0 radical (unpaired) electrons. The second-order valence-corrected chi connectivity index (χ2v) is 29.1. The molecule has 0 bridgehead atoms. The summed E-state index contributed by atoms with van der Waals surface area (Å²) in [6.45, 7) is -0.535. The number of hydrogen-bond donors (Lipinski definition) is 30. The molecular formula is C69H118N34O14. The highest BCUT2D eigenvalue weighted by Gasteiger charge is 2.49. The normalized spacial score (nSPS) is 20.2. The van der Waals surface area contributed by atoms with Crippen LogP contribution in [0.3, 0.4) is 0 Å². The molecule has 48 heteroatoms. The van der Waals surface area contributed by atoms with Crippen molar-refractivity contribution in [1.29, 1.82) is 32.5 Å². The molecule has 4 aliphatic heterocycles. The van der Waals surface area contributed by atoms with E-state index in [2.05, 4.69) is 74.4 Å². The van der Waals surface area contributed by atoms with Crippen LogP contribution in [0.1, 0.15) is 122 Å². The molecule has 14 amide bonds. The van der Waals surface area contributed by atoms with Gasteiger partial charge in [0.05, 0.1) is 6.54 Å². The van der Waals surface area contributed by atoms with Gasteiger partial charge in [-0.15, -0.1) is 0 Å². The van der Waals surface area contributed by atoms with Crippen LogP contribution in [0.25, 0.3) is 0 Å². The number of nitrogens with two attached hydrogens (primary N) is 10. The number of amides is 14. The van der Waals surface area contributed by atoms with Crippen molar-refractivity contribution >= 4 is 118 Å². The fourth-order valence-corrected chi connectivity index (χ4v) is 14.4. The van der Waals surface area contributed by atoms with E-state index in [0.717, 1.165) is 19.6 Å². The summed E-state index contributed by atoms with van der Waals surface area (Å²) in [4.78, 5) is 203. The van der Waals surface area contributed by atoms with Crippen LogP contribution in [0.5, 0.6) is 0 Å². The first-order valence-corrected chi connectivity index (χ1v) is 38.5. The molecule has 40 N–H and O–H groups in total. The Labute approximate surface area is 675 Å². The first-order chi connectivity index (χ1) is 55.4. The molecule has 1 aromatic carbocycles. The molecule has 1 aromatic rings. The third kappa shape index (κ3) is 31.6. The lowest BCUT2D eigenvalue weighted by Crippen LogP contribution is -2.60. The molecular weight excluding hydrogens is 1530 g/mol. The van der Waals surface area contributed by atoms with Crippen LogP contribution in [0.15, 0.2) is 30.3 Å². The highest BCUT2D eigenvalue weighted by atomic mass is 16.2. The van der Waals surface area contributed by atoms with Gasteiger partial charge in [0.2, 0.25) is 82.7 Å². The molecule has 4 aliphatic rings. The van der Waals surface area contributed by atoms with Crippen molar-refractivity contribution in [2.45, 2.75) is 207 Å². The zero-order chi connectivity index (χ0) is 86.8. The van der Waals surface area contributed by atoms with Crippen LogP contribution in [-0.4, -0.2) is 288 Å². The number of guanidine groups is 6. The Bertz CT molecular complexity index is 3740. The predicted octanol–water partition coefficient (Wildman–Crippen LogP) is -11.9. The van der Waals surface area contributed by atoms with Crippen molar-refractivity contribution in [1.82, 2.24) is 94.0 Å². The minimum atomic E-state index is -1.76. The summed E-state index contributed by atoms with van der Waals surface area (Å²) >= 11 is 0. The van der Waals surface area contributed by atoms with Gasteiger partial charge in [-0.25, -0.2) is 0 Å². The summed E-state index contributed by atoms with van der Waals surface area (Å²) in [6.07, 6.45) is -1.48. The second kappa shape index (κ2) is 47.3. The Morgan fingerprint density at radius 1 is 0.376 bits per heavy atom. The van der Waals surface area contributed by atoms with E-state index in [4.69, 9.17) is 89.8 Å². The lowest BCUT2D eigenvalue weighted by atomic mass is 10.0. The van der Waals surface area contributed by atoms with Gasteiger partial charge in [-0.1, -0.05) is 30.3 Å². The van der Waals surface area contributed by atoms with Crippen LogP contribution in [0.4, 0.5) is 0 Å². The summed E-state index contributed by atoms with van der Waals surface area (Å²) < 4.78 is 0.